The van der Waals surface area contributed by atoms with Crippen LogP contribution in [-0.2, 0) is 56.6 Å². The minimum absolute atomic E-state index is 0.00352. The van der Waals surface area contributed by atoms with Crippen molar-refractivity contribution < 1.29 is 58.0 Å². The number of hydrogen-bond acceptors (Lipinski definition) is 14. The molecular weight excluding hydrogens is 1080 g/mol. The number of esters is 2. The zero-order valence-electron chi connectivity index (χ0n) is 50.0. The predicted octanol–water partition coefficient (Wildman–Crippen LogP) is 9.96. The summed E-state index contributed by atoms with van der Waals surface area (Å²) < 4.78 is 13.2. The van der Waals surface area contributed by atoms with Crippen molar-refractivity contribution in [1.29, 1.82) is 0 Å². The molecule has 85 heavy (non-hydrogen) atoms. The van der Waals surface area contributed by atoms with Crippen LogP contribution >= 0.6 is 0 Å². The first-order valence-corrected chi connectivity index (χ1v) is 29.1. The molecule has 0 aliphatic heterocycles. The van der Waals surface area contributed by atoms with E-state index in [9.17, 15) is 43.8 Å². The van der Waals surface area contributed by atoms with Crippen LogP contribution in [0.15, 0.2) is 128 Å². The van der Waals surface area contributed by atoms with E-state index in [2.05, 4.69) is 10.6 Å². The van der Waals surface area contributed by atoms with Crippen molar-refractivity contribution in [3.8, 4) is 11.5 Å². The van der Waals surface area contributed by atoms with Crippen LogP contribution in [0.25, 0.3) is 0 Å². The highest BCUT2D eigenvalue weighted by molar-refractivity contribution is 6.32. The number of phenolic OH excluding ortho intramolecular Hbond substituents is 2. The molecule has 6 N–H and O–H groups in total. The van der Waals surface area contributed by atoms with Gasteiger partial charge in [0, 0.05) is 61.5 Å². The summed E-state index contributed by atoms with van der Waals surface area (Å²) in [6.45, 7) is 15.9. The first-order valence-electron chi connectivity index (χ1n) is 29.1. The molecule has 7 rings (SSSR count). The number of carbonyl (C=O) groups is 8. The number of nitrogens with two attached hydrogens (primary N) is 1. The fourth-order valence-corrected chi connectivity index (χ4v) is 11.0. The molecule has 1 aliphatic carbocycles. The van der Waals surface area contributed by atoms with E-state index in [0.29, 0.717) is 17.7 Å². The van der Waals surface area contributed by atoms with Crippen LogP contribution in [0.1, 0.15) is 167 Å². The lowest BCUT2D eigenvalue weighted by atomic mass is 9.77. The van der Waals surface area contributed by atoms with Gasteiger partial charge in [0.05, 0.1) is 47.1 Å². The molecule has 0 saturated heterocycles. The number of ketones is 4. The number of amides is 2. The minimum Gasteiger partial charge on any atom is -0.507 e. The Hall–Kier alpha value is -8.73. The fourth-order valence-electron chi connectivity index (χ4n) is 11.0. The average molecular weight is 1160 g/mol. The summed E-state index contributed by atoms with van der Waals surface area (Å²) >= 11 is 0. The molecular formula is C68H79N5O12. The number of phenols is 2. The molecule has 5 aromatic carbocycles. The Morgan fingerprint density at radius 3 is 1.71 bits per heavy atom. The molecule has 0 fully saturated rings. The summed E-state index contributed by atoms with van der Waals surface area (Å²) in [7, 11) is 0. The number of nitrogens with one attached hydrogen (secondary N) is 2. The summed E-state index contributed by atoms with van der Waals surface area (Å²) in [6.07, 6.45) is 2.67. The second kappa shape index (κ2) is 27.3. The molecule has 1 heterocycles. The van der Waals surface area contributed by atoms with E-state index in [1.165, 1.54) is 24.3 Å². The molecule has 0 spiro atoms. The molecule has 1 unspecified atom stereocenters. The van der Waals surface area contributed by atoms with E-state index in [1.54, 1.807) is 47.9 Å². The summed E-state index contributed by atoms with van der Waals surface area (Å²) in [6, 6.07) is 33.5. The Balaban J connectivity index is 1.22. The summed E-state index contributed by atoms with van der Waals surface area (Å²) in [5.41, 5.74) is 5.83. The molecule has 0 saturated carbocycles. The second-order valence-electron chi connectivity index (χ2n) is 24.1. The van der Waals surface area contributed by atoms with Crippen molar-refractivity contribution in [1.82, 2.24) is 20.2 Å². The maximum Gasteiger partial charge on any atom is 0.307 e. The quantitative estimate of drug-likeness (QED) is 0.0111. The number of rotatable bonds is 26. The van der Waals surface area contributed by atoms with Gasteiger partial charge in [0.1, 0.15) is 34.0 Å². The summed E-state index contributed by atoms with van der Waals surface area (Å²) in [5.74, 6) is -8.70. The molecule has 6 aromatic rings. The number of carbonyl (C=O) groups excluding carboxylic acids is 8. The van der Waals surface area contributed by atoms with Crippen LogP contribution in [0, 0.1) is 23.7 Å². The van der Waals surface area contributed by atoms with Gasteiger partial charge in [-0.2, -0.15) is 0 Å². The highest BCUT2D eigenvalue weighted by Gasteiger charge is 2.41. The third kappa shape index (κ3) is 15.3. The molecule has 448 valence electrons. The number of ether oxygens (including phenoxy) is 2. The average Bonchev–Trinajstić information content (AvgIpc) is 1.75. The third-order valence-electron chi connectivity index (χ3n) is 15.6. The van der Waals surface area contributed by atoms with Crippen molar-refractivity contribution in [2.45, 2.75) is 143 Å². The van der Waals surface area contributed by atoms with Gasteiger partial charge in [-0.15, -0.1) is 0 Å². The lowest BCUT2D eigenvalue weighted by Gasteiger charge is -2.37. The zero-order valence-corrected chi connectivity index (χ0v) is 50.0. The van der Waals surface area contributed by atoms with E-state index < -0.39 is 106 Å². The molecule has 1 aliphatic rings. The number of imidazole rings is 1. The summed E-state index contributed by atoms with van der Waals surface area (Å²) in [4.78, 5) is 118. The maximum atomic E-state index is 15.3. The molecule has 17 heteroatoms. The van der Waals surface area contributed by atoms with Crippen LogP contribution in [0.4, 0.5) is 5.69 Å². The number of hydrogen-bond donors (Lipinski definition) is 5. The second-order valence-corrected chi connectivity index (χ2v) is 24.1. The monoisotopic (exact) mass is 1160 g/mol. The Morgan fingerprint density at radius 1 is 0.635 bits per heavy atom. The molecule has 0 radical (unpaired) electrons. The smallest absolute Gasteiger partial charge is 0.307 e. The Bertz CT molecular complexity index is 3320. The third-order valence-corrected chi connectivity index (χ3v) is 15.6. The minimum atomic E-state index is -1.39. The van der Waals surface area contributed by atoms with Crippen LogP contribution < -0.4 is 16.4 Å². The van der Waals surface area contributed by atoms with E-state index >= 15 is 4.79 Å². The number of nitrogens with zero attached hydrogens (tertiary/aromatic N) is 2. The number of Topliss-reactive ketones (excluding diaryl/α,β-unsaturated/α-hetero) is 2. The Kier molecular flexibility index (Phi) is 20.5. The van der Waals surface area contributed by atoms with Crippen molar-refractivity contribution in [3.63, 3.8) is 0 Å². The number of fused-ring (bicyclic) bond motifs is 2. The SMILES string of the molecule is CCC(C)[C@H](C)C(=O)C[C@@H](CCC(=O)OC(C)(C)C)C(=O)N[C@@H](Cc1cn(C(c2ccccc2)(c2ccccc2)c2ccccc2)cn1)C(=O)C[C@@H](CC(=O)OC(C)(C)C)C(=O)NCCCc1ccc(O)c2c1C(=O)c1c(O)ccc(N)c1C2=O. The molecule has 5 atom stereocenters. The Morgan fingerprint density at radius 2 is 1.15 bits per heavy atom. The van der Waals surface area contributed by atoms with Gasteiger partial charge in [-0.3, -0.25) is 38.4 Å². The largest absolute Gasteiger partial charge is 0.507 e. The van der Waals surface area contributed by atoms with Gasteiger partial charge < -0.3 is 40.6 Å². The molecule has 2 amide bonds. The van der Waals surface area contributed by atoms with Crippen molar-refractivity contribution >= 4 is 52.6 Å². The number of aryl methyl sites for hydroxylation is 1. The lowest BCUT2D eigenvalue weighted by molar-refractivity contribution is -0.158. The van der Waals surface area contributed by atoms with Crippen LogP contribution in [-0.4, -0.2) is 90.4 Å². The molecule has 17 nitrogen and oxygen atoms in total. The van der Waals surface area contributed by atoms with Gasteiger partial charge >= 0.3 is 11.9 Å². The van der Waals surface area contributed by atoms with Gasteiger partial charge in [-0.25, -0.2) is 4.98 Å². The molecule has 0 bridgehead atoms. The predicted molar refractivity (Wildman–Crippen MR) is 322 cm³/mol. The van der Waals surface area contributed by atoms with E-state index in [4.69, 9.17) is 20.2 Å². The number of anilines is 1. The van der Waals surface area contributed by atoms with Gasteiger partial charge in [-0.05, 0) is 107 Å². The van der Waals surface area contributed by atoms with Gasteiger partial charge in [0.2, 0.25) is 11.8 Å². The van der Waals surface area contributed by atoms with Crippen LogP contribution in [0.2, 0.25) is 0 Å². The normalized spacial score (nSPS) is 14.2. The Labute approximate surface area is 497 Å². The standard InChI is InChI=1S/C68H79N5O12/c1-10-41(2)42(3)54(76)35-44(29-33-56(78)84-66(4,5)6)65(83)72-51(38-49-39-73(40-71-49)68(46-22-14-11-15-23-46,47-24-16-12-17-25-47)48-26-18-13-19-27-48)55(77)36-45(37-57(79)85-67(7,8)9)64(82)70-34-20-21-43-28-31-52(74)60-58(43)62(80)61-53(75)32-30-50(69)59(61)63(60)81/h11-19,22-28,30-32,39-42,44-45,51,74-75H,10,20-21,29,33-38,69H2,1-9H3,(H,70,82)(H,72,83)/t41?,42-,44+,45-,51-/m0/s1. The van der Waals surface area contributed by atoms with Gasteiger partial charge in [0.15, 0.2) is 17.3 Å². The number of aromatic hydroxyl groups is 2. The first-order chi connectivity index (χ1) is 40.2. The molecule has 1 aromatic heterocycles. The van der Waals surface area contributed by atoms with Crippen LogP contribution in [0.3, 0.4) is 0 Å². The van der Waals surface area contributed by atoms with Crippen molar-refractivity contribution in [2.24, 2.45) is 23.7 Å². The number of aromatic nitrogens is 2. The van der Waals surface area contributed by atoms with Crippen molar-refractivity contribution in [2.75, 3.05) is 12.3 Å². The zero-order chi connectivity index (χ0) is 62.0. The van der Waals surface area contributed by atoms with Crippen LogP contribution in [0.5, 0.6) is 11.5 Å². The van der Waals surface area contributed by atoms with Gasteiger partial charge in [0.25, 0.3) is 0 Å². The van der Waals surface area contributed by atoms with E-state index in [-0.39, 0.29) is 84.7 Å². The van der Waals surface area contributed by atoms with E-state index in [0.717, 1.165) is 16.7 Å². The first kappa shape index (κ1) is 63.8. The highest BCUT2D eigenvalue weighted by atomic mass is 16.6. The topological polar surface area (TPSA) is 263 Å². The van der Waals surface area contributed by atoms with Crippen molar-refractivity contribution in [3.05, 3.63) is 178 Å². The lowest BCUT2D eigenvalue weighted by Crippen LogP contribution is -2.47. The highest BCUT2D eigenvalue weighted by Crippen LogP contribution is 2.42. The fraction of sp³-hybridized carbons (Fsp3) is 0.397. The number of benzene rings is 5. The summed E-state index contributed by atoms with van der Waals surface area (Å²) in [5, 5.41) is 27.3. The number of nitrogen functional groups attached to an aromatic ring is 1. The maximum absolute atomic E-state index is 15.3. The van der Waals surface area contributed by atoms with E-state index in [1.807, 2.05) is 123 Å². The van der Waals surface area contributed by atoms with Gasteiger partial charge in [-0.1, -0.05) is 124 Å².